The van der Waals surface area contributed by atoms with Gasteiger partial charge >= 0.3 is 0 Å². The van der Waals surface area contributed by atoms with Crippen LogP contribution in [-0.4, -0.2) is 32.0 Å². The highest BCUT2D eigenvalue weighted by Gasteiger charge is 2.23. The normalized spacial score (nSPS) is 19.5. The Morgan fingerprint density at radius 1 is 1.32 bits per heavy atom. The smallest absolute Gasteiger partial charge is 0.269 e. The summed E-state index contributed by atoms with van der Waals surface area (Å²) in [6, 6.07) is 3.33. The summed E-state index contributed by atoms with van der Waals surface area (Å²) < 4.78 is 40.4. The minimum atomic E-state index is -4.10. The van der Waals surface area contributed by atoms with E-state index in [1.54, 1.807) is 0 Å². The topological polar surface area (TPSA) is 99.3 Å². The summed E-state index contributed by atoms with van der Waals surface area (Å²) in [7, 11) is -4.10. The molecule has 1 saturated carbocycles. The molecule has 1 aromatic rings. The second kappa shape index (κ2) is 9.94. The molecule has 4 N–H and O–H groups in total. The fourth-order valence-electron chi connectivity index (χ4n) is 3.02. The van der Waals surface area contributed by atoms with E-state index < -0.39 is 26.6 Å². The lowest BCUT2D eigenvalue weighted by Crippen LogP contribution is -2.51. The first-order valence-corrected chi connectivity index (χ1v) is 10.9. The van der Waals surface area contributed by atoms with Gasteiger partial charge in [0.25, 0.3) is 5.91 Å². The number of sulfonamides is 1. The van der Waals surface area contributed by atoms with Crippen LogP contribution in [0.1, 0.15) is 43.0 Å². The molecule has 10 heteroatoms. The number of benzene rings is 1. The Morgan fingerprint density at radius 2 is 2.04 bits per heavy atom. The maximum atomic E-state index is 13.9. The molecule has 0 aromatic heterocycles. The van der Waals surface area contributed by atoms with Crippen molar-refractivity contribution in [2.45, 2.75) is 43.5 Å². The van der Waals surface area contributed by atoms with Gasteiger partial charge in [-0.25, -0.2) is 17.5 Å². The third-order valence-corrected chi connectivity index (χ3v) is 6.28. The van der Waals surface area contributed by atoms with E-state index in [-0.39, 0.29) is 23.3 Å². The van der Waals surface area contributed by atoms with Crippen molar-refractivity contribution in [3.05, 3.63) is 42.2 Å². The van der Waals surface area contributed by atoms with E-state index >= 15 is 0 Å². The highest BCUT2D eigenvalue weighted by molar-refractivity contribution is 7.89. The van der Waals surface area contributed by atoms with Crippen LogP contribution in [0, 0.1) is 11.7 Å². The SMILES string of the molecule is C=CCNS(=O)(=O)c1cc(C(=O)NNC(=S)NC2CCCCC2C)ccc1F. The summed E-state index contributed by atoms with van der Waals surface area (Å²) in [6.07, 6.45) is 5.79. The summed E-state index contributed by atoms with van der Waals surface area (Å²) in [4.78, 5) is 11.7. The molecule has 0 spiro atoms. The molecule has 2 unspecified atom stereocenters. The average molecular weight is 429 g/mol. The first kappa shape index (κ1) is 22.3. The molecule has 1 aliphatic carbocycles. The van der Waals surface area contributed by atoms with Gasteiger partial charge in [-0.1, -0.05) is 25.8 Å². The molecule has 0 bridgehead atoms. The molecule has 154 valence electrons. The number of halogens is 1. The Hall–Kier alpha value is -2.04. The lowest BCUT2D eigenvalue weighted by Gasteiger charge is -2.30. The number of rotatable bonds is 6. The quantitative estimate of drug-likeness (QED) is 0.314. The molecule has 1 fully saturated rings. The van der Waals surface area contributed by atoms with Gasteiger partial charge in [0.2, 0.25) is 10.0 Å². The van der Waals surface area contributed by atoms with Crippen molar-refractivity contribution < 1.29 is 17.6 Å². The van der Waals surface area contributed by atoms with Gasteiger partial charge in [0.05, 0.1) is 0 Å². The zero-order chi connectivity index (χ0) is 20.7. The number of nitrogens with one attached hydrogen (secondary N) is 4. The summed E-state index contributed by atoms with van der Waals surface area (Å²) >= 11 is 5.20. The standard InChI is InChI=1S/C18H25FN4O3S2/c1-3-10-20-28(25,26)16-11-13(8-9-14(16)19)17(24)22-23-18(27)21-15-7-5-4-6-12(15)2/h3,8-9,11-12,15,20H,1,4-7,10H2,2H3,(H,22,24)(H2,21,23,27). The predicted octanol–water partition coefficient (Wildman–Crippen LogP) is 1.98. The lowest BCUT2D eigenvalue weighted by molar-refractivity contribution is 0.0943. The van der Waals surface area contributed by atoms with Crippen LogP contribution in [0.25, 0.3) is 0 Å². The molecule has 2 atom stereocenters. The molecular weight excluding hydrogens is 403 g/mol. The average Bonchev–Trinajstić information content (AvgIpc) is 2.66. The van der Waals surface area contributed by atoms with Crippen molar-refractivity contribution in [3.8, 4) is 0 Å². The van der Waals surface area contributed by atoms with Gasteiger partial charge in [-0.3, -0.25) is 15.6 Å². The van der Waals surface area contributed by atoms with E-state index in [0.29, 0.717) is 5.92 Å². The van der Waals surface area contributed by atoms with E-state index in [1.165, 1.54) is 18.6 Å². The van der Waals surface area contributed by atoms with Crippen LogP contribution in [0.3, 0.4) is 0 Å². The number of carbonyl (C=O) groups excluding carboxylic acids is 1. The Labute approximate surface area is 170 Å². The van der Waals surface area contributed by atoms with Gasteiger partial charge in [0.1, 0.15) is 10.7 Å². The minimum Gasteiger partial charge on any atom is -0.358 e. The molecule has 1 aromatic carbocycles. The summed E-state index contributed by atoms with van der Waals surface area (Å²) in [5.74, 6) is -1.11. The highest BCUT2D eigenvalue weighted by atomic mass is 32.2. The number of amides is 1. The van der Waals surface area contributed by atoms with Gasteiger partial charge in [-0.05, 0) is 49.2 Å². The van der Waals surface area contributed by atoms with Gasteiger partial charge in [-0.15, -0.1) is 6.58 Å². The summed E-state index contributed by atoms with van der Waals surface area (Å²) in [6.45, 7) is 5.50. The number of hydrazine groups is 1. The molecule has 7 nitrogen and oxygen atoms in total. The van der Waals surface area contributed by atoms with E-state index in [9.17, 15) is 17.6 Å². The van der Waals surface area contributed by atoms with Crippen molar-refractivity contribution in [1.82, 2.24) is 20.9 Å². The van der Waals surface area contributed by atoms with Gasteiger partial charge in [0.15, 0.2) is 5.11 Å². The van der Waals surface area contributed by atoms with Crippen molar-refractivity contribution in [3.63, 3.8) is 0 Å². The molecule has 2 rings (SSSR count). The molecule has 28 heavy (non-hydrogen) atoms. The second-order valence-electron chi connectivity index (χ2n) is 6.71. The van der Waals surface area contributed by atoms with Crippen LogP contribution in [0.2, 0.25) is 0 Å². The van der Waals surface area contributed by atoms with Gasteiger partial charge in [-0.2, -0.15) is 0 Å². The number of carbonyl (C=O) groups is 1. The van der Waals surface area contributed by atoms with Crippen molar-refractivity contribution >= 4 is 33.3 Å². The fourth-order valence-corrected chi connectivity index (χ4v) is 4.32. The molecule has 1 amide bonds. The minimum absolute atomic E-state index is 0.0262. The number of hydrogen-bond acceptors (Lipinski definition) is 4. The highest BCUT2D eigenvalue weighted by Crippen LogP contribution is 2.23. The molecule has 0 aliphatic heterocycles. The first-order chi connectivity index (χ1) is 13.2. The molecule has 0 saturated heterocycles. The molecule has 1 aliphatic rings. The zero-order valence-electron chi connectivity index (χ0n) is 15.6. The predicted molar refractivity (Wildman–Crippen MR) is 110 cm³/mol. The van der Waals surface area contributed by atoms with Crippen LogP contribution >= 0.6 is 12.2 Å². The third-order valence-electron chi connectivity index (χ3n) is 4.62. The summed E-state index contributed by atoms with van der Waals surface area (Å²) in [5.41, 5.74) is 4.98. The fraction of sp³-hybridized carbons (Fsp3) is 0.444. The zero-order valence-corrected chi connectivity index (χ0v) is 17.3. The number of thiocarbonyl (C=S) groups is 1. The Bertz CT molecular complexity index is 845. The van der Waals surface area contributed by atoms with Gasteiger partial charge in [0, 0.05) is 18.2 Å². The first-order valence-electron chi connectivity index (χ1n) is 9.01. The monoisotopic (exact) mass is 428 g/mol. The van der Waals surface area contributed by atoms with Crippen LogP contribution in [0.15, 0.2) is 35.7 Å². The Morgan fingerprint density at radius 3 is 2.71 bits per heavy atom. The Balaban J connectivity index is 1.99. The van der Waals surface area contributed by atoms with Crippen LogP contribution in [0.4, 0.5) is 4.39 Å². The largest absolute Gasteiger partial charge is 0.358 e. The molecule has 0 heterocycles. The number of hydrogen-bond donors (Lipinski definition) is 4. The van der Waals surface area contributed by atoms with Crippen molar-refractivity contribution in [2.75, 3.05) is 6.54 Å². The molecular formula is C18H25FN4O3S2. The molecule has 0 radical (unpaired) electrons. The van der Waals surface area contributed by atoms with Gasteiger partial charge < -0.3 is 5.32 Å². The van der Waals surface area contributed by atoms with E-state index in [1.807, 2.05) is 0 Å². The van der Waals surface area contributed by atoms with Crippen LogP contribution < -0.4 is 20.9 Å². The van der Waals surface area contributed by atoms with E-state index in [0.717, 1.165) is 31.4 Å². The summed E-state index contributed by atoms with van der Waals surface area (Å²) in [5, 5.41) is 3.45. The third kappa shape index (κ3) is 5.98. The maximum absolute atomic E-state index is 13.9. The second-order valence-corrected chi connectivity index (χ2v) is 8.85. The van der Waals surface area contributed by atoms with Crippen molar-refractivity contribution in [2.24, 2.45) is 5.92 Å². The lowest BCUT2D eigenvalue weighted by atomic mass is 9.86. The van der Waals surface area contributed by atoms with E-state index in [2.05, 4.69) is 34.4 Å². The van der Waals surface area contributed by atoms with E-state index in [4.69, 9.17) is 12.2 Å². The van der Waals surface area contributed by atoms with Crippen molar-refractivity contribution in [1.29, 1.82) is 0 Å². The Kier molecular flexibility index (Phi) is 7.90. The van der Waals surface area contributed by atoms with Crippen LogP contribution in [0.5, 0.6) is 0 Å². The van der Waals surface area contributed by atoms with Crippen LogP contribution in [-0.2, 0) is 10.0 Å². The maximum Gasteiger partial charge on any atom is 0.269 e.